The Bertz CT molecular complexity index is 803. The van der Waals surface area contributed by atoms with Gasteiger partial charge in [-0.25, -0.2) is 14.2 Å². The van der Waals surface area contributed by atoms with Crippen molar-refractivity contribution in [1.29, 1.82) is 0 Å². The molecule has 9 heteroatoms. The number of carbonyl (C=O) groups is 1. The Morgan fingerprint density at radius 3 is 3.04 bits per heavy atom. The first-order valence-corrected chi connectivity index (χ1v) is 8.02. The van der Waals surface area contributed by atoms with Gasteiger partial charge in [0.15, 0.2) is 11.6 Å². The average molecular weight is 367 g/mol. The number of benzene rings is 1. The number of aromatic nitrogens is 2. The van der Waals surface area contributed by atoms with Crippen LogP contribution in [0, 0.1) is 5.82 Å². The van der Waals surface area contributed by atoms with Crippen molar-refractivity contribution in [1.82, 2.24) is 9.97 Å². The average Bonchev–Trinajstić information content (AvgIpc) is 2.57. The zero-order valence-electron chi connectivity index (χ0n) is 13.6. The second-order valence-corrected chi connectivity index (χ2v) is 5.91. The summed E-state index contributed by atoms with van der Waals surface area (Å²) in [5.41, 5.74) is 1.04. The van der Waals surface area contributed by atoms with Crippen molar-refractivity contribution in [2.45, 2.75) is 20.0 Å². The molecule has 0 aliphatic carbocycles. The molecular formula is C16H16ClFN4O3. The zero-order chi connectivity index (χ0) is 18.0. The van der Waals surface area contributed by atoms with Gasteiger partial charge < -0.3 is 14.8 Å². The predicted molar refractivity (Wildman–Crippen MR) is 91.2 cm³/mol. The van der Waals surface area contributed by atoms with E-state index in [0.29, 0.717) is 30.3 Å². The summed E-state index contributed by atoms with van der Waals surface area (Å²) >= 11 is 5.69. The van der Waals surface area contributed by atoms with Crippen LogP contribution in [0.2, 0.25) is 5.28 Å². The van der Waals surface area contributed by atoms with Gasteiger partial charge in [-0.05, 0) is 43.6 Å². The zero-order valence-corrected chi connectivity index (χ0v) is 14.4. The van der Waals surface area contributed by atoms with Crippen LogP contribution >= 0.6 is 11.6 Å². The highest BCUT2D eigenvalue weighted by Crippen LogP contribution is 2.35. The molecule has 3 rings (SSSR count). The second kappa shape index (κ2) is 7.10. The van der Waals surface area contributed by atoms with Gasteiger partial charge in [-0.1, -0.05) is 0 Å². The van der Waals surface area contributed by atoms with E-state index in [1.165, 1.54) is 4.90 Å². The van der Waals surface area contributed by atoms with Crippen LogP contribution in [0.1, 0.15) is 13.8 Å². The summed E-state index contributed by atoms with van der Waals surface area (Å²) in [4.78, 5) is 21.1. The fourth-order valence-corrected chi connectivity index (χ4v) is 2.45. The van der Waals surface area contributed by atoms with Gasteiger partial charge in [0.05, 0.1) is 24.5 Å². The van der Waals surface area contributed by atoms with Gasteiger partial charge in [0.2, 0.25) is 5.28 Å². The molecule has 2 aromatic rings. The van der Waals surface area contributed by atoms with E-state index in [1.807, 2.05) is 0 Å². The number of nitrogens with one attached hydrogen (secondary N) is 1. The summed E-state index contributed by atoms with van der Waals surface area (Å²) < 4.78 is 24.6. The maximum atomic E-state index is 13.8. The summed E-state index contributed by atoms with van der Waals surface area (Å²) in [6.07, 6.45) is 0.274. The summed E-state index contributed by atoms with van der Waals surface area (Å²) in [5, 5.41) is 2.74. The van der Waals surface area contributed by atoms with Crippen LogP contribution in [0.15, 0.2) is 24.4 Å². The van der Waals surface area contributed by atoms with E-state index >= 15 is 0 Å². The van der Waals surface area contributed by atoms with Crippen molar-refractivity contribution >= 4 is 34.9 Å². The Labute approximate surface area is 148 Å². The lowest BCUT2D eigenvalue weighted by molar-refractivity contribution is 0.120. The number of carbonyl (C=O) groups excluding carboxylic acids is 1. The van der Waals surface area contributed by atoms with Gasteiger partial charge in [-0.2, -0.15) is 4.98 Å². The molecule has 1 aliphatic rings. The number of hydrogen-bond acceptors (Lipinski definition) is 6. The van der Waals surface area contributed by atoms with Crippen LogP contribution in [0.3, 0.4) is 0 Å². The molecule has 1 aromatic heterocycles. The molecule has 1 amide bonds. The van der Waals surface area contributed by atoms with Crippen LogP contribution in [0.4, 0.5) is 26.4 Å². The normalized spacial score (nSPS) is 13.2. The van der Waals surface area contributed by atoms with Crippen molar-refractivity contribution < 1.29 is 18.7 Å². The van der Waals surface area contributed by atoms with Gasteiger partial charge in [0, 0.05) is 5.69 Å². The maximum Gasteiger partial charge on any atom is 0.414 e. The highest BCUT2D eigenvalue weighted by Gasteiger charge is 2.26. The summed E-state index contributed by atoms with van der Waals surface area (Å²) in [6.45, 7) is 4.27. The van der Waals surface area contributed by atoms with Crippen LogP contribution in [-0.4, -0.2) is 35.3 Å². The first-order valence-electron chi connectivity index (χ1n) is 7.64. The summed E-state index contributed by atoms with van der Waals surface area (Å²) in [6, 6.07) is 5.03. The SMILES string of the molecule is CC(C)OC(=O)N1CCOc2ccc(Nc3nc(Cl)ncc3F)cc21. The van der Waals surface area contributed by atoms with E-state index in [0.717, 1.165) is 6.20 Å². The molecular weight excluding hydrogens is 351 g/mol. The molecule has 132 valence electrons. The highest BCUT2D eigenvalue weighted by atomic mass is 35.5. The van der Waals surface area contributed by atoms with E-state index < -0.39 is 11.9 Å². The first-order chi connectivity index (χ1) is 11.9. The second-order valence-electron chi connectivity index (χ2n) is 5.58. The lowest BCUT2D eigenvalue weighted by atomic mass is 10.2. The molecule has 1 aliphatic heterocycles. The molecule has 2 heterocycles. The summed E-state index contributed by atoms with van der Waals surface area (Å²) in [7, 11) is 0. The molecule has 0 bridgehead atoms. The minimum Gasteiger partial charge on any atom is -0.490 e. The molecule has 7 nitrogen and oxygen atoms in total. The van der Waals surface area contributed by atoms with E-state index in [-0.39, 0.29) is 17.2 Å². The maximum absolute atomic E-state index is 13.8. The topological polar surface area (TPSA) is 76.6 Å². The molecule has 0 saturated heterocycles. The van der Waals surface area contributed by atoms with Crippen molar-refractivity contribution in [3.05, 3.63) is 35.5 Å². The molecule has 25 heavy (non-hydrogen) atoms. The van der Waals surface area contributed by atoms with E-state index in [2.05, 4.69) is 15.3 Å². The third kappa shape index (κ3) is 3.90. The number of rotatable bonds is 3. The van der Waals surface area contributed by atoms with Crippen LogP contribution in [0.25, 0.3) is 0 Å². The van der Waals surface area contributed by atoms with Crippen LogP contribution in [0.5, 0.6) is 5.75 Å². The molecule has 1 N–H and O–H groups in total. The lowest BCUT2D eigenvalue weighted by Crippen LogP contribution is -2.39. The smallest absolute Gasteiger partial charge is 0.414 e. The van der Waals surface area contributed by atoms with E-state index in [4.69, 9.17) is 21.1 Å². The van der Waals surface area contributed by atoms with Gasteiger partial charge >= 0.3 is 6.09 Å². The fourth-order valence-electron chi connectivity index (χ4n) is 2.32. The quantitative estimate of drug-likeness (QED) is 0.833. The van der Waals surface area contributed by atoms with Gasteiger partial charge in [-0.15, -0.1) is 0 Å². The number of hydrogen-bond donors (Lipinski definition) is 1. The third-order valence-corrected chi connectivity index (χ3v) is 3.54. The fraction of sp³-hybridized carbons (Fsp3) is 0.312. The third-order valence-electron chi connectivity index (χ3n) is 3.36. The largest absolute Gasteiger partial charge is 0.490 e. The summed E-state index contributed by atoms with van der Waals surface area (Å²) in [5.74, 6) is -0.166. The Morgan fingerprint density at radius 2 is 2.28 bits per heavy atom. The van der Waals surface area contributed by atoms with Crippen LogP contribution in [-0.2, 0) is 4.74 Å². The minimum absolute atomic E-state index is 0.0621. The standard InChI is InChI=1S/C16H16ClFN4O3/c1-9(2)25-16(23)22-5-6-24-13-4-3-10(7-12(13)22)20-14-11(18)8-19-15(17)21-14/h3-4,7-9H,5-6H2,1-2H3,(H,19,20,21). The number of nitrogens with zero attached hydrogens (tertiary/aromatic N) is 3. The molecule has 0 atom stereocenters. The Hall–Kier alpha value is -2.61. The molecule has 0 saturated carbocycles. The van der Waals surface area contributed by atoms with Crippen molar-refractivity contribution in [3.63, 3.8) is 0 Å². The van der Waals surface area contributed by atoms with Crippen LogP contribution < -0.4 is 15.0 Å². The monoisotopic (exact) mass is 366 g/mol. The van der Waals surface area contributed by atoms with Gasteiger partial charge in [-0.3, -0.25) is 4.90 Å². The molecule has 0 spiro atoms. The number of fused-ring (bicyclic) bond motifs is 1. The highest BCUT2D eigenvalue weighted by molar-refractivity contribution is 6.28. The molecule has 0 unspecified atom stereocenters. The Morgan fingerprint density at radius 1 is 1.48 bits per heavy atom. The van der Waals surface area contributed by atoms with E-state index in [1.54, 1.807) is 32.0 Å². The molecule has 1 aromatic carbocycles. The first kappa shape index (κ1) is 17.2. The number of amides is 1. The van der Waals surface area contributed by atoms with Gasteiger partial charge in [0.1, 0.15) is 12.4 Å². The van der Waals surface area contributed by atoms with Gasteiger partial charge in [0.25, 0.3) is 0 Å². The Balaban J connectivity index is 1.89. The van der Waals surface area contributed by atoms with Crippen molar-refractivity contribution in [2.24, 2.45) is 0 Å². The lowest BCUT2D eigenvalue weighted by Gasteiger charge is -2.29. The van der Waals surface area contributed by atoms with E-state index in [9.17, 15) is 9.18 Å². The minimum atomic E-state index is -0.644. The Kier molecular flexibility index (Phi) is 4.89. The predicted octanol–water partition coefficient (Wildman–Crippen LogP) is 3.76. The number of ether oxygens (including phenoxy) is 2. The van der Waals surface area contributed by atoms with Crippen molar-refractivity contribution in [3.8, 4) is 5.75 Å². The molecule has 0 fully saturated rings. The number of halogens is 2. The van der Waals surface area contributed by atoms with Crippen molar-refractivity contribution in [2.75, 3.05) is 23.4 Å². The molecule has 0 radical (unpaired) electrons. The number of anilines is 3.